The summed E-state index contributed by atoms with van der Waals surface area (Å²) in [6, 6.07) is 3.46. The summed E-state index contributed by atoms with van der Waals surface area (Å²) in [5, 5.41) is 3.94. The Kier molecular flexibility index (Phi) is 4.65. The number of hydrogen-bond donors (Lipinski definition) is 0. The third-order valence-corrected chi connectivity index (χ3v) is 4.14. The van der Waals surface area contributed by atoms with Gasteiger partial charge in [0.25, 0.3) is 5.91 Å². The molecule has 5 nitrogen and oxygen atoms in total. The van der Waals surface area contributed by atoms with Crippen molar-refractivity contribution in [3.05, 3.63) is 41.2 Å². The fourth-order valence-corrected chi connectivity index (χ4v) is 2.89. The molecule has 0 bridgehead atoms. The Morgan fingerprint density at radius 3 is 2.72 bits per heavy atom. The number of carbonyl (C=O) groups is 2. The van der Waals surface area contributed by atoms with Crippen molar-refractivity contribution in [1.29, 1.82) is 0 Å². The summed E-state index contributed by atoms with van der Waals surface area (Å²) in [6.45, 7) is 4.28. The number of aromatic nitrogens is 1. The zero-order valence-corrected chi connectivity index (χ0v) is 14.0. The first kappa shape index (κ1) is 17.3. The Hall–Kier alpha value is -2.57. The number of ketones is 1. The molecule has 1 aromatic heterocycles. The maximum Gasteiger partial charge on any atom is 0.290 e. The zero-order chi connectivity index (χ0) is 18.1. The third kappa shape index (κ3) is 3.45. The van der Waals surface area contributed by atoms with E-state index >= 15 is 0 Å². The van der Waals surface area contributed by atoms with Gasteiger partial charge in [-0.2, -0.15) is 0 Å². The molecule has 2 aromatic rings. The maximum atomic E-state index is 13.5. The van der Waals surface area contributed by atoms with Crippen molar-refractivity contribution in [2.75, 3.05) is 6.54 Å². The predicted molar refractivity (Wildman–Crippen MR) is 85.4 cm³/mol. The summed E-state index contributed by atoms with van der Waals surface area (Å²) >= 11 is 0. The minimum atomic E-state index is -0.981. The van der Waals surface area contributed by atoms with Crippen LogP contribution in [0.15, 0.2) is 22.7 Å². The summed E-state index contributed by atoms with van der Waals surface area (Å²) in [4.78, 5) is 25.8. The molecule has 0 N–H and O–H groups in total. The number of amides is 1. The fourth-order valence-electron chi connectivity index (χ4n) is 2.89. The molecule has 0 radical (unpaired) electrons. The van der Waals surface area contributed by atoms with Crippen LogP contribution in [0.25, 0.3) is 11.3 Å². The van der Waals surface area contributed by atoms with Gasteiger partial charge < -0.3 is 9.42 Å². The topological polar surface area (TPSA) is 63.4 Å². The van der Waals surface area contributed by atoms with Gasteiger partial charge in [-0.3, -0.25) is 9.59 Å². The number of hydrogen-bond acceptors (Lipinski definition) is 4. The molecule has 1 aliphatic heterocycles. The lowest BCUT2D eigenvalue weighted by atomic mass is 10.00. The van der Waals surface area contributed by atoms with Gasteiger partial charge in [0.05, 0.1) is 6.54 Å². The van der Waals surface area contributed by atoms with Gasteiger partial charge in [-0.1, -0.05) is 19.0 Å². The Morgan fingerprint density at radius 1 is 1.28 bits per heavy atom. The Morgan fingerprint density at radius 2 is 2.04 bits per heavy atom. The number of rotatable bonds is 4. The highest BCUT2D eigenvalue weighted by molar-refractivity contribution is 6.36. The molecule has 0 saturated heterocycles. The van der Waals surface area contributed by atoms with Crippen LogP contribution < -0.4 is 0 Å². The van der Waals surface area contributed by atoms with E-state index in [1.165, 1.54) is 11.0 Å². The molecule has 0 unspecified atom stereocenters. The van der Waals surface area contributed by atoms with Gasteiger partial charge in [0.2, 0.25) is 5.78 Å². The van der Waals surface area contributed by atoms with E-state index in [-0.39, 0.29) is 18.9 Å². The van der Waals surface area contributed by atoms with Crippen LogP contribution in [-0.2, 0) is 22.6 Å². The van der Waals surface area contributed by atoms with Crippen molar-refractivity contribution >= 4 is 11.7 Å². The highest BCUT2D eigenvalue weighted by Crippen LogP contribution is 2.31. The summed E-state index contributed by atoms with van der Waals surface area (Å²) in [5.74, 6) is -2.19. The molecular formula is C18H18F2N2O3. The monoisotopic (exact) mass is 348 g/mol. The molecule has 132 valence electrons. The Bertz CT molecular complexity index is 830. The number of fused-ring (bicyclic) bond motifs is 1. The molecule has 0 aliphatic carbocycles. The standard InChI is InChI=1S/C18H18F2N2O3/c1-10(2)7-15(23)18(24)22-6-5-16-12(9-22)17(21-25-16)11-3-4-13(19)14(20)8-11/h3-4,8,10H,5-7,9H2,1-2H3. The van der Waals surface area contributed by atoms with Gasteiger partial charge in [-0.25, -0.2) is 8.78 Å². The Balaban J connectivity index is 1.85. The van der Waals surface area contributed by atoms with Crippen molar-refractivity contribution in [3.8, 4) is 11.3 Å². The first-order chi connectivity index (χ1) is 11.9. The van der Waals surface area contributed by atoms with Gasteiger partial charge in [0, 0.05) is 30.5 Å². The van der Waals surface area contributed by atoms with Crippen molar-refractivity contribution in [2.45, 2.75) is 33.2 Å². The van der Waals surface area contributed by atoms with Gasteiger partial charge in [0.1, 0.15) is 11.5 Å². The first-order valence-electron chi connectivity index (χ1n) is 8.11. The molecule has 1 aromatic carbocycles. The predicted octanol–water partition coefficient (Wildman–Crippen LogP) is 3.12. The van der Waals surface area contributed by atoms with Crippen LogP contribution in [0.3, 0.4) is 0 Å². The van der Waals surface area contributed by atoms with Crippen LogP contribution >= 0.6 is 0 Å². The van der Waals surface area contributed by atoms with E-state index in [1.54, 1.807) is 0 Å². The van der Waals surface area contributed by atoms with Gasteiger partial charge in [-0.15, -0.1) is 0 Å². The van der Waals surface area contributed by atoms with E-state index in [1.807, 2.05) is 13.8 Å². The molecule has 25 heavy (non-hydrogen) atoms. The normalized spacial score (nSPS) is 13.9. The zero-order valence-electron chi connectivity index (χ0n) is 14.0. The van der Waals surface area contributed by atoms with E-state index in [0.29, 0.717) is 35.5 Å². The molecule has 0 atom stereocenters. The summed E-state index contributed by atoms with van der Waals surface area (Å²) in [5.41, 5.74) is 1.36. The van der Waals surface area contributed by atoms with Crippen molar-refractivity contribution in [2.24, 2.45) is 5.92 Å². The van der Waals surface area contributed by atoms with E-state index in [9.17, 15) is 18.4 Å². The second-order valence-corrected chi connectivity index (χ2v) is 6.56. The molecule has 0 fully saturated rings. The highest BCUT2D eigenvalue weighted by Gasteiger charge is 2.30. The van der Waals surface area contributed by atoms with Crippen LogP contribution in [0.1, 0.15) is 31.6 Å². The average molecular weight is 348 g/mol. The van der Waals surface area contributed by atoms with Crippen LogP contribution in [0.5, 0.6) is 0 Å². The quantitative estimate of drug-likeness (QED) is 0.797. The molecule has 0 saturated carbocycles. The highest BCUT2D eigenvalue weighted by atomic mass is 19.2. The molecule has 0 spiro atoms. The van der Waals surface area contributed by atoms with Gasteiger partial charge in [-0.05, 0) is 24.1 Å². The summed E-state index contributed by atoms with van der Waals surface area (Å²) < 4.78 is 31.9. The van der Waals surface area contributed by atoms with Crippen LogP contribution in [0.2, 0.25) is 0 Å². The van der Waals surface area contributed by atoms with E-state index in [4.69, 9.17) is 4.52 Å². The largest absolute Gasteiger partial charge is 0.360 e. The lowest BCUT2D eigenvalue weighted by Crippen LogP contribution is -2.40. The number of Topliss-reactive ketones (excluding diaryl/α,β-unsaturated/α-hetero) is 1. The SMILES string of the molecule is CC(C)CC(=O)C(=O)N1CCc2onc(-c3ccc(F)c(F)c3)c2C1. The lowest BCUT2D eigenvalue weighted by molar-refractivity contribution is -0.145. The van der Waals surface area contributed by atoms with Gasteiger partial charge in [0.15, 0.2) is 11.6 Å². The first-order valence-corrected chi connectivity index (χ1v) is 8.11. The third-order valence-electron chi connectivity index (χ3n) is 4.14. The molecule has 7 heteroatoms. The molecule has 1 amide bonds. The number of halogens is 2. The lowest BCUT2D eigenvalue weighted by Gasteiger charge is -2.25. The molecule has 2 heterocycles. The summed E-state index contributed by atoms with van der Waals surface area (Å²) in [6.07, 6.45) is 0.620. The smallest absolute Gasteiger partial charge is 0.290 e. The van der Waals surface area contributed by atoms with Crippen LogP contribution in [0, 0.1) is 17.6 Å². The maximum absolute atomic E-state index is 13.5. The summed E-state index contributed by atoms with van der Waals surface area (Å²) in [7, 11) is 0. The second kappa shape index (κ2) is 6.74. The van der Waals surface area contributed by atoms with E-state index in [2.05, 4.69) is 5.16 Å². The molecule has 3 rings (SSSR count). The fraction of sp³-hybridized carbons (Fsp3) is 0.389. The van der Waals surface area contributed by atoms with Crippen LogP contribution in [-0.4, -0.2) is 28.3 Å². The van der Waals surface area contributed by atoms with Gasteiger partial charge >= 0.3 is 0 Å². The van der Waals surface area contributed by atoms with Crippen molar-refractivity contribution in [1.82, 2.24) is 10.1 Å². The molecule has 1 aliphatic rings. The Labute approximate surface area is 143 Å². The van der Waals surface area contributed by atoms with Crippen molar-refractivity contribution in [3.63, 3.8) is 0 Å². The minimum Gasteiger partial charge on any atom is -0.360 e. The van der Waals surface area contributed by atoms with E-state index < -0.39 is 23.3 Å². The number of benzene rings is 1. The number of nitrogens with zero attached hydrogens (tertiary/aromatic N) is 2. The number of carbonyl (C=O) groups excluding carboxylic acids is 2. The van der Waals surface area contributed by atoms with Crippen LogP contribution in [0.4, 0.5) is 8.78 Å². The second-order valence-electron chi connectivity index (χ2n) is 6.56. The molecular weight excluding hydrogens is 330 g/mol. The van der Waals surface area contributed by atoms with Crippen molar-refractivity contribution < 1.29 is 22.9 Å². The van der Waals surface area contributed by atoms with E-state index in [0.717, 1.165) is 12.1 Å². The minimum absolute atomic E-state index is 0.102. The average Bonchev–Trinajstić information content (AvgIpc) is 2.99.